The van der Waals surface area contributed by atoms with E-state index in [0.29, 0.717) is 11.0 Å². The normalized spacial score (nSPS) is 23.9. The maximum Gasteiger partial charge on any atom is 0.175 e. The number of halogens is 1. The first-order valence-electron chi connectivity index (χ1n) is 5.69. The van der Waals surface area contributed by atoms with E-state index in [1.807, 2.05) is 6.92 Å². The van der Waals surface area contributed by atoms with Crippen LogP contribution in [0.1, 0.15) is 23.7 Å². The molecule has 0 spiro atoms. The Balaban J connectivity index is 1.91. The van der Waals surface area contributed by atoms with Crippen LogP contribution in [-0.4, -0.2) is 29.5 Å². The quantitative estimate of drug-likeness (QED) is 0.773. The molecule has 1 aliphatic rings. The molecule has 1 fully saturated rings. The van der Waals surface area contributed by atoms with Gasteiger partial charge in [-0.25, -0.2) is 4.39 Å². The number of carbonyl (C=O) groups excluding carboxylic acids is 1. The molecular weight excluding hydrogens is 239 g/mol. The number of carbonyl (C=O) groups is 1. The van der Waals surface area contributed by atoms with E-state index in [0.717, 1.165) is 13.0 Å². The molecule has 0 radical (unpaired) electrons. The molecular formula is C13H15FO2S. The SMILES string of the molecule is CC1OCCC1SCC(=O)c1ccccc1F. The third kappa shape index (κ3) is 3.07. The second-order valence-electron chi connectivity index (χ2n) is 4.12. The molecule has 92 valence electrons. The van der Waals surface area contributed by atoms with Crippen LogP contribution in [0.15, 0.2) is 24.3 Å². The van der Waals surface area contributed by atoms with E-state index in [9.17, 15) is 9.18 Å². The highest BCUT2D eigenvalue weighted by Crippen LogP contribution is 2.26. The summed E-state index contributed by atoms with van der Waals surface area (Å²) in [6, 6.07) is 6.13. The van der Waals surface area contributed by atoms with Crippen molar-refractivity contribution < 1.29 is 13.9 Å². The number of hydrogen-bond acceptors (Lipinski definition) is 3. The maximum atomic E-state index is 13.4. The number of Topliss-reactive ketones (excluding diaryl/α,β-unsaturated/α-hetero) is 1. The van der Waals surface area contributed by atoms with Crippen LogP contribution in [0.5, 0.6) is 0 Å². The Morgan fingerprint density at radius 3 is 2.94 bits per heavy atom. The largest absolute Gasteiger partial charge is 0.377 e. The number of hydrogen-bond donors (Lipinski definition) is 0. The zero-order chi connectivity index (χ0) is 12.3. The Hall–Kier alpha value is -0.870. The van der Waals surface area contributed by atoms with E-state index in [2.05, 4.69) is 0 Å². The molecule has 0 bridgehead atoms. The molecule has 2 rings (SSSR count). The van der Waals surface area contributed by atoms with E-state index in [4.69, 9.17) is 4.74 Å². The average molecular weight is 254 g/mol. The van der Waals surface area contributed by atoms with Crippen molar-refractivity contribution in [1.82, 2.24) is 0 Å². The molecule has 1 heterocycles. The van der Waals surface area contributed by atoms with Gasteiger partial charge in [0.1, 0.15) is 5.82 Å². The maximum absolute atomic E-state index is 13.4. The fraction of sp³-hybridized carbons (Fsp3) is 0.462. The Morgan fingerprint density at radius 1 is 1.53 bits per heavy atom. The summed E-state index contributed by atoms with van der Waals surface area (Å²) in [5, 5.41) is 0.353. The summed E-state index contributed by atoms with van der Waals surface area (Å²) >= 11 is 1.56. The zero-order valence-corrected chi connectivity index (χ0v) is 10.5. The van der Waals surface area contributed by atoms with Gasteiger partial charge in [-0.2, -0.15) is 0 Å². The standard InChI is InChI=1S/C13H15FO2S/c1-9-13(6-7-16-9)17-8-12(15)10-4-2-3-5-11(10)14/h2-5,9,13H,6-8H2,1H3. The van der Waals surface area contributed by atoms with Crippen molar-refractivity contribution in [3.63, 3.8) is 0 Å². The minimum Gasteiger partial charge on any atom is -0.377 e. The number of rotatable bonds is 4. The summed E-state index contributed by atoms with van der Waals surface area (Å²) in [4.78, 5) is 11.8. The fourth-order valence-electron chi connectivity index (χ4n) is 1.88. The van der Waals surface area contributed by atoms with Crippen LogP contribution in [0.3, 0.4) is 0 Å². The van der Waals surface area contributed by atoms with Gasteiger partial charge in [0, 0.05) is 11.9 Å². The topological polar surface area (TPSA) is 26.3 Å². The third-order valence-corrected chi connectivity index (χ3v) is 4.39. The zero-order valence-electron chi connectivity index (χ0n) is 9.69. The molecule has 2 atom stereocenters. The lowest BCUT2D eigenvalue weighted by Crippen LogP contribution is -2.16. The smallest absolute Gasteiger partial charge is 0.175 e. The van der Waals surface area contributed by atoms with Crippen LogP contribution in [0.4, 0.5) is 4.39 Å². The number of ether oxygens (including phenoxy) is 1. The molecule has 2 nitrogen and oxygen atoms in total. The Kier molecular flexibility index (Phi) is 4.18. The highest BCUT2D eigenvalue weighted by molar-refractivity contribution is 8.00. The molecule has 1 aromatic rings. The van der Waals surface area contributed by atoms with Gasteiger partial charge in [-0.3, -0.25) is 4.79 Å². The van der Waals surface area contributed by atoms with Crippen molar-refractivity contribution in [3.8, 4) is 0 Å². The Morgan fingerprint density at radius 2 is 2.29 bits per heavy atom. The van der Waals surface area contributed by atoms with E-state index >= 15 is 0 Å². The second kappa shape index (κ2) is 5.65. The van der Waals surface area contributed by atoms with Crippen molar-refractivity contribution in [2.24, 2.45) is 0 Å². The van der Waals surface area contributed by atoms with E-state index in [1.54, 1.807) is 23.9 Å². The van der Waals surface area contributed by atoms with Crippen LogP contribution in [0, 0.1) is 5.82 Å². The van der Waals surface area contributed by atoms with Crippen molar-refractivity contribution in [3.05, 3.63) is 35.6 Å². The van der Waals surface area contributed by atoms with Gasteiger partial charge in [-0.15, -0.1) is 11.8 Å². The summed E-state index contributed by atoms with van der Waals surface area (Å²) in [7, 11) is 0. The summed E-state index contributed by atoms with van der Waals surface area (Å²) in [6.07, 6.45) is 1.16. The molecule has 0 saturated carbocycles. The lowest BCUT2D eigenvalue weighted by Gasteiger charge is -2.12. The highest BCUT2D eigenvalue weighted by Gasteiger charge is 2.25. The molecule has 0 amide bonds. The molecule has 0 aliphatic carbocycles. The van der Waals surface area contributed by atoms with Crippen LogP contribution >= 0.6 is 11.8 Å². The van der Waals surface area contributed by atoms with Gasteiger partial charge in [0.05, 0.1) is 17.4 Å². The van der Waals surface area contributed by atoms with E-state index in [1.165, 1.54) is 12.1 Å². The number of benzene rings is 1. The molecule has 1 saturated heterocycles. The summed E-state index contributed by atoms with van der Waals surface area (Å²) in [6.45, 7) is 2.77. The van der Waals surface area contributed by atoms with Gasteiger partial charge in [0.25, 0.3) is 0 Å². The first-order chi connectivity index (χ1) is 8.18. The molecule has 1 aliphatic heterocycles. The summed E-state index contributed by atoms with van der Waals surface area (Å²) in [5.41, 5.74) is 0.187. The molecule has 0 N–H and O–H groups in total. The third-order valence-electron chi connectivity index (χ3n) is 2.91. The monoisotopic (exact) mass is 254 g/mol. The lowest BCUT2D eigenvalue weighted by molar-refractivity contribution is 0.101. The minimum absolute atomic E-state index is 0.146. The van der Waals surface area contributed by atoms with Crippen molar-refractivity contribution >= 4 is 17.5 Å². The highest BCUT2D eigenvalue weighted by atomic mass is 32.2. The Labute approximate surface area is 105 Å². The average Bonchev–Trinajstić information content (AvgIpc) is 2.72. The number of thioether (sulfide) groups is 1. The summed E-state index contributed by atoms with van der Waals surface area (Å²) < 4.78 is 18.8. The van der Waals surface area contributed by atoms with Crippen molar-refractivity contribution in [2.45, 2.75) is 24.7 Å². The van der Waals surface area contributed by atoms with Crippen molar-refractivity contribution in [2.75, 3.05) is 12.4 Å². The molecule has 17 heavy (non-hydrogen) atoms. The van der Waals surface area contributed by atoms with Crippen LogP contribution in [-0.2, 0) is 4.74 Å². The van der Waals surface area contributed by atoms with Crippen molar-refractivity contribution in [1.29, 1.82) is 0 Å². The van der Waals surface area contributed by atoms with Gasteiger partial charge in [0.2, 0.25) is 0 Å². The van der Waals surface area contributed by atoms with Crippen LogP contribution in [0.25, 0.3) is 0 Å². The van der Waals surface area contributed by atoms with Gasteiger partial charge < -0.3 is 4.74 Å². The summed E-state index contributed by atoms with van der Waals surface area (Å²) in [5.74, 6) is -0.264. The first kappa shape index (κ1) is 12.6. The molecule has 1 aromatic carbocycles. The fourth-order valence-corrected chi connectivity index (χ4v) is 3.01. The number of ketones is 1. The lowest BCUT2D eigenvalue weighted by atomic mass is 10.1. The van der Waals surface area contributed by atoms with E-state index in [-0.39, 0.29) is 17.5 Å². The van der Waals surface area contributed by atoms with Crippen LogP contribution in [0.2, 0.25) is 0 Å². The predicted molar refractivity (Wildman–Crippen MR) is 67.0 cm³/mol. The Bertz CT molecular complexity index is 408. The first-order valence-corrected chi connectivity index (χ1v) is 6.74. The van der Waals surface area contributed by atoms with Gasteiger partial charge in [0.15, 0.2) is 5.78 Å². The van der Waals surface area contributed by atoms with Gasteiger partial charge in [-0.05, 0) is 25.5 Å². The second-order valence-corrected chi connectivity index (χ2v) is 5.34. The minimum atomic E-state index is -0.436. The molecule has 2 unspecified atom stereocenters. The van der Waals surface area contributed by atoms with Gasteiger partial charge >= 0.3 is 0 Å². The molecule has 0 aromatic heterocycles. The van der Waals surface area contributed by atoms with E-state index < -0.39 is 5.82 Å². The van der Waals surface area contributed by atoms with Crippen LogP contribution < -0.4 is 0 Å². The van der Waals surface area contributed by atoms with Gasteiger partial charge in [-0.1, -0.05) is 12.1 Å². The molecule has 4 heteroatoms. The predicted octanol–water partition coefficient (Wildman–Crippen LogP) is 2.92.